The highest BCUT2D eigenvalue weighted by Gasteiger charge is 2.22. The van der Waals surface area contributed by atoms with E-state index in [1.54, 1.807) is 6.07 Å². The van der Waals surface area contributed by atoms with Crippen LogP contribution in [0.4, 0.5) is 5.69 Å². The number of carbonyl (C=O) groups is 2. The normalized spacial score (nSPS) is 15.2. The Morgan fingerprint density at radius 1 is 1.22 bits per heavy atom. The van der Waals surface area contributed by atoms with Crippen LogP contribution in [-0.2, 0) is 9.59 Å². The summed E-state index contributed by atoms with van der Waals surface area (Å²) >= 11 is 0. The Kier molecular flexibility index (Phi) is 5.79. The molecule has 0 aliphatic carbocycles. The summed E-state index contributed by atoms with van der Waals surface area (Å²) in [6.07, 6.45) is 5.19. The zero-order chi connectivity index (χ0) is 16.7. The molecule has 2 rings (SSSR count). The third-order valence-electron chi connectivity index (χ3n) is 3.55. The van der Waals surface area contributed by atoms with Crippen LogP contribution in [0.2, 0.25) is 0 Å². The number of hydrogen-bond acceptors (Lipinski definition) is 5. The molecule has 0 spiro atoms. The first kappa shape index (κ1) is 16.6. The summed E-state index contributed by atoms with van der Waals surface area (Å²) in [4.78, 5) is 35.5. The van der Waals surface area contributed by atoms with Gasteiger partial charge < -0.3 is 4.90 Å². The second kappa shape index (κ2) is 8.02. The van der Waals surface area contributed by atoms with E-state index in [0.717, 1.165) is 25.7 Å². The van der Waals surface area contributed by atoms with Crippen molar-refractivity contribution in [2.45, 2.75) is 25.7 Å². The predicted octanol–water partition coefficient (Wildman–Crippen LogP) is 1.45. The van der Waals surface area contributed by atoms with Gasteiger partial charge in [-0.05, 0) is 12.8 Å². The Balaban J connectivity index is 1.91. The predicted molar refractivity (Wildman–Crippen MR) is 83.9 cm³/mol. The molecule has 1 aliphatic heterocycles. The third-order valence-corrected chi connectivity index (χ3v) is 3.55. The molecule has 1 aromatic rings. The second-order valence-corrected chi connectivity index (χ2v) is 5.26. The van der Waals surface area contributed by atoms with Gasteiger partial charge in [0, 0.05) is 30.8 Å². The molecule has 1 N–H and O–H groups in total. The SMILES string of the molecule is O=C(NN=Cc1cccc([N+](=O)[O-])c1)C(=O)N1CCCCCC1. The van der Waals surface area contributed by atoms with Gasteiger partial charge in [-0.3, -0.25) is 19.7 Å². The maximum atomic E-state index is 12.0. The van der Waals surface area contributed by atoms with Gasteiger partial charge in [-0.15, -0.1) is 0 Å². The molecule has 1 fully saturated rings. The van der Waals surface area contributed by atoms with Gasteiger partial charge >= 0.3 is 11.8 Å². The summed E-state index contributed by atoms with van der Waals surface area (Å²) in [5, 5.41) is 14.4. The molecule has 0 bridgehead atoms. The Bertz CT molecular complexity index is 622. The van der Waals surface area contributed by atoms with Crippen molar-refractivity contribution in [3.63, 3.8) is 0 Å². The Labute approximate surface area is 133 Å². The van der Waals surface area contributed by atoms with Gasteiger partial charge in [-0.2, -0.15) is 5.10 Å². The average Bonchev–Trinajstić information content (AvgIpc) is 2.83. The first-order valence-corrected chi connectivity index (χ1v) is 7.44. The van der Waals surface area contributed by atoms with Crippen molar-refractivity contribution in [1.82, 2.24) is 10.3 Å². The minimum absolute atomic E-state index is 0.0686. The largest absolute Gasteiger partial charge is 0.334 e. The summed E-state index contributed by atoms with van der Waals surface area (Å²) in [6.45, 7) is 1.17. The first-order valence-electron chi connectivity index (χ1n) is 7.44. The summed E-state index contributed by atoms with van der Waals surface area (Å²) < 4.78 is 0. The standard InChI is InChI=1S/C15H18N4O4/c20-14(15(21)18-8-3-1-2-4-9-18)17-16-11-12-6-5-7-13(10-12)19(22)23/h5-7,10-11H,1-4,8-9H2,(H,17,20). The molecular formula is C15H18N4O4. The molecule has 0 aromatic heterocycles. The number of nitrogens with one attached hydrogen (secondary N) is 1. The monoisotopic (exact) mass is 318 g/mol. The molecule has 0 unspecified atom stereocenters. The van der Waals surface area contributed by atoms with Crippen molar-refractivity contribution >= 4 is 23.7 Å². The van der Waals surface area contributed by atoms with Crippen LogP contribution in [0.25, 0.3) is 0 Å². The van der Waals surface area contributed by atoms with Gasteiger partial charge in [0.25, 0.3) is 5.69 Å². The lowest BCUT2D eigenvalue weighted by atomic mass is 10.2. The van der Waals surface area contributed by atoms with Gasteiger partial charge in [0.2, 0.25) is 0 Å². The number of nitrogens with zero attached hydrogens (tertiary/aromatic N) is 3. The lowest BCUT2D eigenvalue weighted by molar-refractivity contribution is -0.384. The molecule has 122 valence electrons. The van der Waals surface area contributed by atoms with E-state index in [1.807, 2.05) is 0 Å². The fourth-order valence-corrected chi connectivity index (χ4v) is 2.35. The minimum Gasteiger partial charge on any atom is -0.334 e. The van der Waals surface area contributed by atoms with E-state index in [4.69, 9.17) is 0 Å². The number of benzene rings is 1. The molecule has 1 aliphatic rings. The number of carbonyl (C=O) groups excluding carboxylic acids is 2. The van der Waals surface area contributed by atoms with E-state index >= 15 is 0 Å². The molecule has 0 atom stereocenters. The van der Waals surface area contributed by atoms with Crippen LogP contribution in [0, 0.1) is 10.1 Å². The second-order valence-electron chi connectivity index (χ2n) is 5.26. The highest BCUT2D eigenvalue weighted by Crippen LogP contribution is 2.11. The average molecular weight is 318 g/mol. The lowest BCUT2D eigenvalue weighted by Gasteiger charge is -2.18. The number of nitro benzene ring substituents is 1. The van der Waals surface area contributed by atoms with Crippen LogP contribution < -0.4 is 5.43 Å². The van der Waals surface area contributed by atoms with Crippen molar-refractivity contribution in [2.24, 2.45) is 5.10 Å². The Morgan fingerprint density at radius 2 is 1.91 bits per heavy atom. The van der Waals surface area contributed by atoms with E-state index in [-0.39, 0.29) is 5.69 Å². The highest BCUT2D eigenvalue weighted by molar-refractivity contribution is 6.35. The number of hydrogen-bond donors (Lipinski definition) is 1. The molecule has 1 heterocycles. The molecule has 8 nitrogen and oxygen atoms in total. The quantitative estimate of drug-likeness (QED) is 0.394. The summed E-state index contributed by atoms with van der Waals surface area (Å²) in [5.74, 6) is -1.39. The molecule has 0 saturated carbocycles. The summed E-state index contributed by atoms with van der Waals surface area (Å²) in [6, 6.07) is 5.81. The highest BCUT2D eigenvalue weighted by atomic mass is 16.6. The van der Waals surface area contributed by atoms with Gasteiger partial charge in [-0.25, -0.2) is 5.43 Å². The van der Waals surface area contributed by atoms with Crippen LogP contribution in [-0.4, -0.2) is 40.9 Å². The fourth-order valence-electron chi connectivity index (χ4n) is 2.35. The number of nitro groups is 1. The van der Waals surface area contributed by atoms with E-state index < -0.39 is 16.7 Å². The van der Waals surface area contributed by atoms with Gasteiger partial charge in [0.1, 0.15) is 0 Å². The van der Waals surface area contributed by atoms with Crippen LogP contribution in [0.15, 0.2) is 29.4 Å². The van der Waals surface area contributed by atoms with Gasteiger partial charge in [-0.1, -0.05) is 25.0 Å². The van der Waals surface area contributed by atoms with Crippen molar-refractivity contribution in [2.75, 3.05) is 13.1 Å². The van der Waals surface area contributed by atoms with Crippen molar-refractivity contribution < 1.29 is 14.5 Å². The van der Waals surface area contributed by atoms with Crippen molar-refractivity contribution in [1.29, 1.82) is 0 Å². The lowest BCUT2D eigenvalue weighted by Crippen LogP contribution is -2.41. The van der Waals surface area contributed by atoms with E-state index in [9.17, 15) is 19.7 Å². The summed E-state index contributed by atoms with van der Waals surface area (Å²) in [7, 11) is 0. The summed E-state index contributed by atoms with van der Waals surface area (Å²) in [5.41, 5.74) is 2.56. The van der Waals surface area contributed by atoms with Crippen molar-refractivity contribution in [3.05, 3.63) is 39.9 Å². The molecule has 23 heavy (non-hydrogen) atoms. The van der Waals surface area contributed by atoms with Gasteiger partial charge in [0.15, 0.2) is 0 Å². The minimum atomic E-state index is -0.798. The van der Waals surface area contributed by atoms with Crippen LogP contribution in [0.1, 0.15) is 31.2 Å². The first-order chi connectivity index (χ1) is 11.1. The van der Waals surface area contributed by atoms with E-state index in [2.05, 4.69) is 10.5 Å². The van der Waals surface area contributed by atoms with E-state index in [1.165, 1.54) is 29.3 Å². The molecule has 1 saturated heterocycles. The number of likely N-dealkylation sites (tertiary alicyclic amines) is 1. The Hall–Kier alpha value is -2.77. The van der Waals surface area contributed by atoms with Crippen LogP contribution >= 0.6 is 0 Å². The number of amides is 2. The van der Waals surface area contributed by atoms with Crippen LogP contribution in [0.3, 0.4) is 0 Å². The number of rotatable bonds is 3. The third kappa shape index (κ3) is 4.87. The molecular weight excluding hydrogens is 300 g/mol. The van der Waals surface area contributed by atoms with Crippen LogP contribution in [0.5, 0.6) is 0 Å². The zero-order valence-corrected chi connectivity index (χ0v) is 12.6. The maximum absolute atomic E-state index is 12.0. The van der Waals surface area contributed by atoms with Gasteiger partial charge in [0.05, 0.1) is 11.1 Å². The Morgan fingerprint density at radius 3 is 2.57 bits per heavy atom. The number of non-ortho nitro benzene ring substituents is 1. The maximum Gasteiger partial charge on any atom is 0.329 e. The van der Waals surface area contributed by atoms with E-state index in [0.29, 0.717) is 18.7 Å². The molecule has 2 amide bonds. The topological polar surface area (TPSA) is 105 Å². The smallest absolute Gasteiger partial charge is 0.329 e. The number of hydrazone groups is 1. The zero-order valence-electron chi connectivity index (χ0n) is 12.6. The van der Waals surface area contributed by atoms with Crippen molar-refractivity contribution in [3.8, 4) is 0 Å². The molecule has 8 heteroatoms. The molecule has 0 radical (unpaired) electrons. The fraction of sp³-hybridized carbons (Fsp3) is 0.400. The molecule has 1 aromatic carbocycles.